The monoisotopic (exact) mass is 310 g/mol. The number of nitrogens with zero attached hydrogens (tertiary/aromatic N) is 1. The van der Waals surface area contributed by atoms with Crippen molar-refractivity contribution in [1.29, 1.82) is 5.41 Å². The molecule has 2 rings (SSSR count). The van der Waals surface area contributed by atoms with Crippen molar-refractivity contribution in [2.75, 3.05) is 5.32 Å². The molecule has 122 valence electrons. The van der Waals surface area contributed by atoms with Crippen molar-refractivity contribution >= 4 is 17.3 Å². The Bertz CT molecular complexity index is 731. The molecule has 4 nitrogen and oxygen atoms in total. The third kappa shape index (κ3) is 3.70. The second-order valence-electron chi connectivity index (χ2n) is 7.16. The molecule has 0 spiro atoms. The Morgan fingerprint density at radius 3 is 2.13 bits per heavy atom. The molecule has 0 radical (unpaired) electrons. The van der Waals surface area contributed by atoms with Crippen molar-refractivity contribution in [1.82, 2.24) is 4.98 Å². The highest BCUT2D eigenvalue weighted by molar-refractivity contribution is 6.00. The predicted molar refractivity (Wildman–Crippen MR) is 97.9 cm³/mol. The summed E-state index contributed by atoms with van der Waals surface area (Å²) in [5.41, 5.74) is 11.8. The van der Waals surface area contributed by atoms with E-state index in [1.54, 1.807) is 0 Å². The molecule has 4 heteroatoms. The van der Waals surface area contributed by atoms with Gasteiger partial charge in [-0.05, 0) is 44.0 Å². The third-order valence-corrected chi connectivity index (χ3v) is 3.87. The van der Waals surface area contributed by atoms with E-state index in [-0.39, 0.29) is 11.3 Å². The van der Waals surface area contributed by atoms with E-state index in [0.29, 0.717) is 11.4 Å². The molecule has 4 N–H and O–H groups in total. The first-order valence-electron chi connectivity index (χ1n) is 7.80. The fraction of sp³-hybridized carbons (Fsp3) is 0.368. The molecule has 0 bridgehead atoms. The predicted octanol–water partition coefficient (Wildman–Crippen LogP) is 4.33. The number of aryl methyl sites for hydroxylation is 3. The summed E-state index contributed by atoms with van der Waals surface area (Å²) in [4.78, 5) is 4.73. The number of hydrogen-bond donors (Lipinski definition) is 3. The summed E-state index contributed by atoms with van der Waals surface area (Å²) in [6.45, 7) is 12.6. The highest BCUT2D eigenvalue weighted by Gasteiger charge is 2.19. The number of hydrogen-bond acceptors (Lipinski definition) is 3. The van der Waals surface area contributed by atoms with Crippen LogP contribution in [0.1, 0.15) is 48.7 Å². The van der Waals surface area contributed by atoms with Crippen molar-refractivity contribution in [3.63, 3.8) is 0 Å². The van der Waals surface area contributed by atoms with Gasteiger partial charge in [0, 0.05) is 16.8 Å². The standard InChI is InChI=1S/C19H26N4/c1-11-9-12(2)16(13(3)10-11)23-18-14(17(20)21)7-8-15(22-18)19(4,5)6/h7-10H,1-6H3,(H3,20,21)(H,22,23). The highest BCUT2D eigenvalue weighted by Crippen LogP contribution is 2.29. The highest BCUT2D eigenvalue weighted by atomic mass is 15.0. The smallest absolute Gasteiger partial charge is 0.141 e. The number of nitrogen functional groups attached to an aromatic ring is 1. The zero-order chi connectivity index (χ0) is 17.4. The van der Waals surface area contributed by atoms with Crippen LogP contribution in [0, 0.1) is 26.2 Å². The molecular weight excluding hydrogens is 284 g/mol. The lowest BCUT2D eigenvalue weighted by Gasteiger charge is -2.21. The third-order valence-electron chi connectivity index (χ3n) is 3.87. The molecule has 1 heterocycles. The van der Waals surface area contributed by atoms with E-state index in [4.69, 9.17) is 16.1 Å². The summed E-state index contributed by atoms with van der Waals surface area (Å²) in [6, 6.07) is 8.08. The van der Waals surface area contributed by atoms with Gasteiger partial charge >= 0.3 is 0 Å². The molecule has 23 heavy (non-hydrogen) atoms. The van der Waals surface area contributed by atoms with E-state index in [9.17, 15) is 0 Å². The van der Waals surface area contributed by atoms with Crippen molar-refractivity contribution < 1.29 is 0 Å². The average molecular weight is 310 g/mol. The van der Waals surface area contributed by atoms with E-state index in [2.05, 4.69) is 59.0 Å². The van der Waals surface area contributed by atoms with Crippen molar-refractivity contribution in [2.24, 2.45) is 5.73 Å². The van der Waals surface area contributed by atoms with Crippen LogP contribution in [0.2, 0.25) is 0 Å². The maximum Gasteiger partial charge on any atom is 0.141 e. The molecule has 1 aromatic heterocycles. The molecule has 2 aromatic rings. The Morgan fingerprint density at radius 1 is 1.09 bits per heavy atom. The van der Waals surface area contributed by atoms with Crippen molar-refractivity contribution in [3.8, 4) is 0 Å². The summed E-state index contributed by atoms with van der Waals surface area (Å²) in [7, 11) is 0. The molecule has 0 aliphatic rings. The molecule has 1 aromatic carbocycles. The van der Waals surface area contributed by atoms with Crippen LogP contribution < -0.4 is 11.1 Å². The van der Waals surface area contributed by atoms with Gasteiger partial charge in [-0.3, -0.25) is 5.41 Å². The minimum Gasteiger partial charge on any atom is -0.384 e. The maximum absolute atomic E-state index is 7.81. The number of rotatable bonds is 3. The molecular formula is C19H26N4. The molecule has 0 unspecified atom stereocenters. The first-order valence-corrected chi connectivity index (χ1v) is 7.80. The Balaban J connectivity index is 2.56. The van der Waals surface area contributed by atoms with Gasteiger partial charge in [-0.25, -0.2) is 4.98 Å². The van der Waals surface area contributed by atoms with Gasteiger partial charge in [0.25, 0.3) is 0 Å². The van der Waals surface area contributed by atoms with Gasteiger partial charge in [-0.15, -0.1) is 0 Å². The second-order valence-corrected chi connectivity index (χ2v) is 7.16. The van der Waals surface area contributed by atoms with Gasteiger partial charge < -0.3 is 11.1 Å². The van der Waals surface area contributed by atoms with Crippen molar-refractivity contribution in [3.05, 3.63) is 52.2 Å². The van der Waals surface area contributed by atoms with Crippen LogP contribution in [0.15, 0.2) is 24.3 Å². The van der Waals surface area contributed by atoms with E-state index in [1.807, 2.05) is 12.1 Å². The van der Waals surface area contributed by atoms with Gasteiger partial charge in [-0.1, -0.05) is 38.5 Å². The summed E-state index contributed by atoms with van der Waals surface area (Å²) in [6.07, 6.45) is 0. The van der Waals surface area contributed by atoms with E-state index in [1.165, 1.54) is 5.56 Å². The summed E-state index contributed by atoms with van der Waals surface area (Å²) in [5, 5.41) is 11.2. The van der Waals surface area contributed by atoms with Crippen LogP contribution in [-0.2, 0) is 5.41 Å². The number of anilines is 2. The van der Waals surface area contributed by atoms with Gasteiger partial charge in [0.05, 0.1) is 5.56 Å². The van der Waals surface area contributed by atoms with Crippen molar-refractivity contribution in [2.45, 2.75) is 47.0 Å². The molecule has 0 amide bonds. The molecule has 0 fully saturated rings. The van der Waals surface area contributed by atoms with Crippen LogP contribution in [0.5, 0.6) is 0 Å². The molecule has 0 atom stereocenters. The zero-order valence-corrected chi connectivity index (χ0v) is 14.8. The van der Waals surface area contributed by atoms with Crippen LogP contribution >= 0.6 is 0 Å². The second kappa shape index (κ2) is 6.03. The van der Waals surface area contributed by atoms with Gasteiger partial charge in [0.2, 0.25) is 0 Å². The summed E-state index contributed by atoms with van der Waals surface area (Å²) < 4.78 is 0. The summed E-state index contributed by atoms with van der Waals surface area (Å²) >= 11 is 0. The number of benzene rings is 1. The SMILES string of the molecule is Cc1cc(C)c(Nc2nc(C(C)(C)C)ccc2C(=N)N)c(C)c1. The number of nitrogens with one attached hydrogen (secondary N) is 2. The van der Waals surface area contributed by atoms with E-state index in [0.717, 1.165) is 22.5 Å². The fourth-order valence-electron chi connectivity index (χ4n) is 2.69. The minimum absolute atomic E-state index is 0.0166. The fourth-order valence-corrected chi connectivity index (χ4v) is 2.69. The number of nitrogens with two attached hydrogens (primary N) is 1. The minimum atomic E-state index is -0.0664. The largest absolute Gasteiger partial charge is 0.384 e. The number of aromatic nitrogens is 1. The lowest BCUT2D eigenvalue weighted by molar-refractivity contribution is 0.570. The average Bonchev–Trinajstić information content (AvgIpc) is 2.41. The molecule has 0 aliphatic heterocycles. The Hall–Kier alpha value is -2.36. The Labute approximate surface area is 138 Å². The normalized spacial score (nSPS) is 11.4. The Morgan fingerprint density at radius 2 is 1.65 bits per heavy atom. The van der Waals surface area contributed by atoms with Crippen LogP contribution in [-0.4, -0.2) is 10.8 Å². The van der Waals surface area contributed by atoms with E-state index < -0.39 is 0 Å². The zero-order valence-electron chi connectivity index (χ0n) is 14.8. The summed E-state index contributed by atoms with van der Waals surface area (Å²) in [5.74, 6) is 0.655. The maximum atomic E-state index is 7.81. The quantitative estimate of drug-likeness (QED) is 0.583. The first-order chi connectivity index (χ1) is 10.6. The van der Waals surface area contributed by atoms with Crippen LogP contribution in [0.3, 0.4) is 0 Å². The molecule has 0 saturated carbocycles. The first kappa shape index (κ1) is 17.0. The van der Waals surface area contributed by atoms with Gasteiger partial charge in [0.15, 0.2) is 0 Å². The number of amidine groups is 1. The lowest BCUT2D eigenvalue weighted by Crippen LogP contribution is -2.19. The van der Waals surface area contributed by atoms with Crippen LogP contribution in [0.4, 0.5) is 11.5 Å². The van der Waals surface area contributed by atoms with Gasteiger partial charge in [0.1, 0.15) is 11.7 Å². The van der Waals surface area contributed by atoms with E-state index >= 15 is 0 Å². The van der Waals surface area contributed by atoms with Gasteiger partial charge in [-0.2, -0.15) is 0 Å². The lowest BCUT2D eigenvalue weighted by atomic mass is 9.91. The Kier molecular flexibility index (Phi) is 4.46. The number of pyridine rings is 1. The molecule has 0 aliphatic carbocycles. The van der Waals surface area contributed by atoms with Crippen LogP contribution in [0.25, 0.3) is 0 Å². The molecule has 0 saturated heterocycles. The topological polar surface area (TPSA) is 74.8 Å².